The van der Waals surface area contributed by atoms with E-state index < -0.39 is 0 Å². The molecule has 1 unspecified atom stereocenters. The number of H-pyrrole nitrogens is 1. The van der Waals surface area contributed by atoms with Crippen molar-refractivity contribution in [1.29, 1.82) is 0 Å². The van der Waals surface area contributed by atoms with Crippen LogP contribution in [-0.2, 0) is 11.8 Å². The van der Waals surface area contributed by atoms with Crippen LogP contribution in [0.5, 0.6) is 0 Å². The van der Waals surface area contributed by atoms with Gasteiger partial charge >= 0.3 is 0 Å². The second-order valence-electron chi connectivity index (χ2n) is 6.99. The number of benzene rings is 1. The van der Waals surface area contributed by atoms with Crippen LogP contribution >= 0.6 is 0 Å². The van der Waals surface area contributed by atoms with Gasteiger partial charge in [0.25, 0.3) is 0 Å². The van der Waals surface area contributed by atoms with Gasteiger partial charge in [-0.25, -0.2) is 4.98 Å². The summed E-state index contributed by atoms with van der Waals surface area (Å²) in [6, 6.07) is 6.13. The van der Waals surface area contributed by atoms with Crippen LogP contribution in [0, 0.1) is 5.41 Å². The number of imidazole rings is 1. The molecular formula is C17H20N6O. The monoisotopic (exact) mass is 324 g/mol. The first-order chi connectivity index (χ1) is 11.7. The molecule has 0 bridgehead atoms. The normalized spacial score (nSPS) is 23.8. The van der Waals surface area contributed by atoms with Crippen molar-refractivity contribution in [2.45, 2.75) is 12.8 Å². The van der Waals surface area contributed by atoms with Gasteiger partial charge in [0.1, 0.15) is 0 Å². The average Bonchev–Trinajstić information content (AvgIpc) is 3.36. The Hall–Kier alpha value is -2.41. The van der Waals surface area contributed by atoms with Gasteiger partial charge in [-0.3, -0.25) is 4.57 Å². The molecule has 5 rings (SSSR count). The molecule has 2 aliphatic heterocycles. The number of anilines is 1. The molecule has 0 saturated carbocycles. The first-order valence-electron chi connectivity index (χ1n) is 8.40. The summed E-state index contributed by atoms with van der Waals surface area (Å²) >= 11 is 0. The van der Waals surface area contributed by atoms with E-state index in [1.807, 2.05) is 19.2 Å². The number of hydrogen-bond donors (Lipinski definition) is 1. The highest BCUT2D eigenvalue weighted by Crippen LogP contribution is 2.39. The second kappa shape index (κ2) is 5.04. The number of aromatic nitrogens is 5. The van der Waals surface area contributed by atoms with E-state index in [0.717, 1.165) is 61.1 Å². The van der Waals surface area contributed by atoms with Crippen LogP contribution in [0.1, 0.15) is 12.8 Å². The Bertz CT molecular complexity index is 892. The summed E-state index contributed by atoms with van der Waals surface area (Å²) < 4.78 is 7.72. The Morgan fingerprint density at radius 1 is 1.25 bits per heavy atom. The Morgan fingerprint density at radius 3 is 3.08 bits per heavy atom. The molecule has 1 spiro atoms. The maximum Gasteiger partial charge on any atom is 0.227 e. The molecule has 0 aliphatic carbocycles. The number of fused-ring (bicyclic) bond motifs is 1. The molecular weight excluding hydrogens is 304 g/mol. The minimum atomic E-state index is 0.320. The van der Waals surface area contributed by atoms with E-state index in [1.165, 1.54) is 6.42 Å². The molecule has 0 amide bonds. The summed E-state index contributed by atoms with van der Waals surface area (Å²) in [5, 5.41) is 8.91. The van der Waals surface area contributed by atoms with Gasteiger partial charge in [-0.2, -0.15) is 0 Å². The fraction of sp³-hybridized carbons (Fsp3) is 0.471. The molecule has 24 heavy (non-hydrogen) atoms. The molecule has 2 saturated heterocycles. The van der Waals surface area contributed by atoms with E-state index in [4.69, 9.17) is 4.74 Å². The van der Waals surface area contributed by atoms with Crippen molar-refractivity contribution in [3.8, 4) is 11.4 Å². The van der Waals surface area contributed by atoms with E-state index in [0.29, 0.717) is 5.41 Å². The predicted molar refractivity (Wildman–Crippen MR) is 90.8 cm³/mol. The summed E-state index contributed by atoms with van der Waals surface area (Å²) in [6.45, 7) is 3.81. The van der Waals surface area contributed by atoms with Gasteiger partial charge in [-0.1, -0.05) is 0 Å². The summed E-state index contributed by atoms with van der Waals surface area (Å²) in [6.07, 6.45) is 4.05. The van der Waals surface area contributed by atoms with Gasteiger partial charge in [0.05, 0.1) is 24.0 Å². The van der Waals surface area contributed by atoms with Gasteiger partial charge in [0, 0.05) is 37.7 Å². The van der Waals surface area contributed by atoms with Crippen molar-refractivity contribution < 1.29 is 4.74 Å². The van der Waals surface area contributed by atoms with E-state index in [9.17, 15) is 0 Å². The lowest BCUT2D eigenvalue weighted by Gasteiger charge is -2.22. The van der Waals surface area contributed by atoms with Crippen LogP contribution in [0.4, 0.5) is 5.95 Å². The minimum Gasteiger partial charge on any atom is -0.381 e. The maximum atomic E-state index is 5.63. The molecule has 124 valence electrons. The quantitative estimate of drug-likeness (QED) is 0.780. The number of nitrogens with one attached hydrogen (secondary N) is 1. The lowest BCUT2D eigenvalue weighted by molar-refractivity contribution is 0.160. The molecule has 1 aromatic carbocycles. The Kier molecular flexibility index (Phi) is 2.94. The number of rotatable bonds is 2. The zero-order chi connectivity index (χ0) is 16.1. The van der Waals surface area contributed by atoms with Crippen LogP contribution < -0.4 is 4.90 Å². The zero-order valence-electron chi connectivity index (χ0n) is 13.7. The topological polar surface area (TPSA) is 71.9 Å². The Morgan fingerprint density at radius 2 is 2.21 bits per heavy atom. The molecule has 1 N–H and O–H groups in total. The summed E-state index contributed by atoms with van der Waals surface area (Å²) in [4.78, 5) is 9.76. The highest BCUT2D eigenvalue weighted by atomic mass is 16.5. The van der Waals surface area contributed by atoms with Gasteiger partial charge in [0.15, 0.2) is 5.82 Å². The van der Waals surface area contributed by atoms with Gasteiger partial charge in [-0.15, -0.1) is 10.2 Å². The lowest BCUT2D eigenvalue weighted by atomic mass is 9.87. The fourth-order valence-electron chi connectivity index (χ4n) is 4.00. The summed E-state index contributed by atoms with van der Waals surface area (Å²) in [5.74, 6) is 1.82. The molecule has 2 aliphatic rings. The van der Waals surface area contributed by atoms with Crippen molar-refractivity contribution in [2.75, 3.05) is 31.2 Å². The van der Waals surface area contributed by atoms with Gasteiger partial charge in [0.2, 0.25) is 5.95 Å². The summed E-state index contributed by atoms with van der Waals surface area (Å²) in [5.41, 5.74) is 3.34. The van der Waals surface area contributed by atoms with Crippen molar-refractivity contribution in [3.63, 3.8) is 0 Å². The Labute approximate surface area is 139 Å². The smallest absolute Gasteiger partial charge is 0.227 e. The van der Waals surface area contributed by atoms with Gasteiger partial charge in [-0.05, 0) is 31.0 Å². The van der Waals surface area contributed by atoms with Crippen LogP contribution in [0.15, 0.2) is 24.5 Å². The number of nitrogens with zero attached hydrogens (tertiary/aromatic N) is 5. The second-order valence-corrected chi connectivity index (χ2v) is 6.99. The largest absolute Gasteiger partial charge is 0.381 e. The van der Waals surface area contributed by atoms with Crippen LogP contribution in [0.25, 0.3) is 22.4 Å². The van der Waals surface area contributed by atoms with Crippen LogP contribution in [-0.4, -0.2) is 51.0 Å². The molecule has 3 aromatic rings. The molecule has 4 heterocycles. The van der Waals surface area contributed by atoms with E-state index in [2.05, 4.69) is 35.7 Å². The minimum absolute atomic E-state index is 0.320. The van der Waals surface area contributed by atoms with Crippen molar-refractivity contribution in [1.82, 2.24) is 24.7 Å². The van der Waals surface area contributed by atoms with Crippen LogP contribution in [0.3, 0.4) is 0 Å². The third-order valence-electron chi connectivity index (χ3n) is 5.44. The van der Waals surface area contributed by atoms with Crippen LogP contribution in [0.2, 0.25) is 0 Å². The molecule has 0 radical (unpaired) electrons. The summed E-state index contributed by atoms with van der Waals surface area (Å²) in [7, 11) is 2.04. The number of aromatic amines is 1. The molecule has 7 heteroatoms. The third kappa shape index (κ3) is 2.04. The fourth-order valence-corrected chi connectivity index (χ4v) is 4.00. The third-order valence-corrected chi connectivity index (χ3v) is 5.44. The van der Waals surface area contributed by atoms with E-state index >= 15 is 0 Å². The number of ether oxygens (including phenoxy) is 1. The van der Waals surface area contributed by atoms with E-state index in [-0.39, 0.29) is 0 Å². The van der Waals surface area contributed by atoms with Crippen molar-refractivity contribution in [3.05, 3.63) is 24.5 Å². The lowest BCUT2D eigenvalue weighted by Crippen LogP contribution is -2.29. The van der Waals surface area contributed by atoms with E-state index in [1.54, 1.807) is 6.33 Å². The molecule has 2 aromatic heterocycles. The van der Waals surface area contributed by atoms with Crippen molar-refractivity contribution in [2.24, 2.45) is 12.5 Å². The highest BCUT2D eigenvalue weighted by Gasteiger charge is 2.42. The SMILES string of the molecule is Cn1c(-c2ccc3nc[nH]c3c2)nnc1N1CCC2(CCOC2)C1. The number of hydrogen-bond acceptors (Lipinski definition) is 5. The Balaban J connectivity index is 1.47. The average molecular weight is 324 g/mol. The predicted octanol–water partition coefficient (Wildman–Crippen LogP) is 1.98. The first kappa shape index (κ1) is 14.0. The first-order valence-corrected chi connectivity index (χ1v) is 8.40. The van der Waals surface area contributed by atoms with Gasteiger partial charge < -0.3 is 14.6 Å². The molecule has 2 fully saturated rings. The van der Waals surface area contributed by atoms with Crippen molar-refractivity contribution >= 4 is 17.0 Å². The standard InChI is InChI=1S/C17H20N6O/c1-22-15(12-2-3-13-14(8-12)19-11-18-13)20-21-16(22)23-6-4-17(9-23)5-7-24-10-17/h2-3,8,11H,4-7,9-10H2,1H3,(H,18,19). The molecule has 1 atom stereocenters. The zero-order valence-corrected chi connectivity index (χ0v) is 13.7. The maximum absolute atomic E-state index is 5.63. The molecule has 7 nitrogen and oxygen atoms in total. The highest BCUT2D eigenvalue weighted by molar-refractivity contribution is 5.80.